The average Bonchev–Trinajstić information content (AvgIpc) is 3.26. The second kappa shape index (κ2) is 8.11. The monoisotopic (exact) mass is 389 g/mol. The highest BCUT2D eigenvalue weighted by molar-refractivity contribution is 5.81. The van der Waals surface area contributed by atoms with Crippen LogP contribution in [0.2, 0.25) is 0 Å². The zero-order valence-electron chi connectivity index (χ0n) is 17.1. The number of aromatic nitrogens is 2. The van der Waals surface area contributed by atoms with Gasteiger partial charge >= 0.3 is 0 Å². The predicted molar refractivity (Wildman–Crippen MR) is 115 cm³/mol. The first-order valence-electron chi connectivity index (χ1n) is 10.1. The Balaban J connectivity index is 1.58. The fourth-order valence-electron chi connectivity index (χ4n) is 4.05. The SMILES string of the molecule is C=CCN1CC(c2nc3ccccc3n2CCOc2cccc(C)c2C)CC1=O. The van der Waals surface area contributed by atoms with Crippen LogP contribution in [-0.4, -0.2) is 40.1 Å². The van der Waals surface area contributed by atoms with Crippen molar-refractivity contribution in [2.75, 3.05) is 19.7 Å². The molecule has 1 fully saturated rings. The van der Waals surface area contributed by atoms with Gasteiger partial charge in [-0.3, -0.25) is 4.79 Å². The van der Waals surface area contributed by atoms with Crippen LogP contribution >= 0.6 is 0 Å². The lowest BCUT2D eigenvalue weighted by molar-refractivity contribution is -0.127. The topological polar surface area (TPSA) is 47.4 Å². The van der Waals surface area contributed by atoms with E-state index < -0.39 is 0 Å². The van der Waals surface area contributed by atoms with E-state index in [1.54, 1.807) is 6.08 Å². The van der Waals surface area contributed by atoms with Gasteiger partial charge in [0.1, 0.15) is 18.2 Å². The predicted octanol–water partition coefficient (Wildman–Crippen LogP) is 4.23. The van der Waals surface area contributed by atoms with Crippen molar-refractivity contribution >= 4 is 16.9 Å². The summed E-state index contributed by atoms with van der Waals surface area (Å²) < 4.78 is 8.32. The van der Waals surface area contributed by atoms with Gasteiger partial charge in [-0.25, -0.2) is 4.98 Å². The number of rotatable bonds is 7. The minimum absolute atomic E-state index is 0.0931. The summed E-state index contributed by atoms with van der Waals surface area (Å²) in [7, 11) is 0. The number of amides is 1. The number of imidazole rings is 1. The second-order valence-electron chi connectivity index (χ2n) is 7.65. The van der Waals surface area contributed by atoms with Crippen LogP contribution in [0.15, 0.2) is 55.1 Å². The molecular weight excluding hydrogens is 362 g/mol. The third-order valence-electron chi connectivity index (χ3n) is 5.74. The molecule has 5 nitrogen and oxygen atoms in total. The number of carbonyl (C=O) groups is 1. The Morgan fingerprint density at radius 2 is 2.03 bits per heavy atom. The molecular formula is C24H27N3O2. The van der Waals surface area contributed by atoms with E-state index in [1.165, 1.54) is 11.1 Å². The number of para-hydroxylation sites is 2. The fraction of sp³-hybridized carbons (Fsp3) is 0.333. The standard InChI is InChI=1S/C24H27N3O2/c1-4-12-26-16-19(15-23(26)28)24-25-20-9-5-6-10-21(20)27(24)13-14-29-22-11-7-8-17(2)18(22)3/h4-11,19H,1,12-16H2,2-3H3. The molecule has 0 radical (unpaired) electrons. The molecule has 29 heavy (non-hydrogen) atoms. The number of aryl methyl sites for hydroxylation is 1. The second-order valence-corrected chi connectivity index (χ2v) is 7.65. The van der Waals surface area contributed by atoms with Gasteiger partial charge in [-0.1, -0.05) is 30.3 Å². The molecule has 0 aliphatic carbocycles. The lowest BCUT2D eigenvalue weighted by Crippen LogP contribution is -2.25. The van der Waals surface area contributed by atoms with Gasteiger partial charge in [0.25, 0.3) is 0 Å². The Kier molecular flexibility index (Phi) is 5.38. The summed E-state index contributed by atoms with van der Waals surface area (Å²) >= 11 is 0. The molecule has 0 N–H and O–H groups in total. The van der Waals surface area contributed by atoms with Gasteiger partial charge in [0, 0.05) is 25.4 Å². The van der Waals surface area contributed by atoms with E-state index in [1.807, 2.05) is 35.2 Å². The van der Waals surface area contributed by atoms with E-state index in [2.05, 4.69) is 37.1 Å². The summed E-state index contributed by atoms with van der Waals surface area (Å²) in [6.07, 6.45) is 2.27. The van der Waals surface area contributed by atoms with Crippen molar-refractivity contribution in [2.45, 2.75) is 32.7 Å². The van der Waals surface area contributed by atoms with Gasteiger partial charge < -0.3 is 14.2 Å². The largest absolute Gasteiger partial charge is 0.491 e. The summed E-state index contributed by atoms with van der Waals surface area (Å²) in [5.74, 6) is 2.15. The molecule has 5 heteroatoms. The van der Waals surface area contributed by atoms with Crippen LogP contribution in [0.4, 0.5) is 0 Å². The Morgan fingerprint density at radius 3 is 2.86 bits per heavy atom. The maximum Gasteiger partial charge on any atom is 0.223 e. The number of nitrogens with zero attached hydrogens (tertiary/aromatic N) is 3. The molecule has 4 rings (SSSR count). The van der Waals surface area contributed by atoms with Crippen LogP contribution in [0, 0.1) is 13.8 Å². The maximum absolute atomic E-state index is 12.4. The van der Waals surface area contributed by atoms with Crippen molar-refractivity contribution in [1.29, 1.82) is 0 Å². The smallest absolute Gasteiger partial charge is 0.223 e. The van der Waals surface area contributed by atoms with Crippen LogP contribution < -0.4 is 4.74 Å². The zero-order valence-corrected chi connectivity index (χ0v) is 17.1. The van der Waals surface area contributed by atoms with E-state index in [0.29, 0.717) is 32.7 Å². The molecule has 1 aliphatic rings. The first-order valence-corrected chi connectivity index (χ1v) is 10.1. The maximum atomic E-state index is 12.4. The summed E-state index contributed by atoms with van der Waals surface area (Å²) in [5, 5.41) is 0. The lowest BCUT2D eigenvalue weighted by atomic mass is 10.1. The van der Waals surface area contributed by atoms with E-state index in [0.717, 1.165) is 22.6 Å². The Labute approximate surface area is 171 Å². The van der Waals surface area contributed by atoms with E-state index in [9.17, 15) is 4.79 Å². The Bertz CT molecular complexity index is 1050. The van der Waals surface area contributed by atoms with Crippen LogP contribution in [0.3, 0.4) is 0 Å². The zero-order chi connectivity index (χ0) is 20.4. The van der Waals surface area contributed by atoms with E-state index >= 15 is 0 Å². The summed E-state index contributed by atoms with van der Waals surface area (Å²) in [5.41, 5.74) is 4.44. The van der Waals surface area contributed by atoms with Crippen molar-refractivity contribution in [3.63, 3.8) is 0 Å². The van der Waals surface area contributed by atoms with E-state index in [-0.39, 0.29) is 11.8 Å². The molecule has 1 aliphatic heterocycles. The number of hydrogen-bond acceptors (Lipinski definition) is 3. The van der Waals surface area contributed by atoms with Crippen LogP contribution in [-0.2, 0) is 11.3 Å². The molecule has 0 spiro atoms. The quantitative estimate of drug-likeness (QED) is 0.568. The summed E-state index contributed by atoms with van der Waals surface area (Å²) in [6.45, 7) is 10.5. The van der Waals surface area contributed by atoms with Crippen LogP contribution in [0.5, 0.6) is 5.75 Å². The third-order valence-corrected chi connectivity index (χ3v) is 5.74. The summed E-state index contributed by atoms with van der Waals surface area (Å²) in [6, 6.07) is 14.3. The third kappa shape index (κ3) is 3.77. The minimum Gasteiger partial charge on any atom is -0.491 e. The van der Waals surface area contributed by atoms with E-state index in [4.69, 9.17) is 9.72 Å². The Hall–Kier alpha value is -3.08. The number of fused-ring (bicyclic) bond motifs is 1. The molecule has 1 atom stereocenters. The van der Waals surface area contributed by atoms with Crippen LogP contribution in [0.25, 0.3) is 11.0 Å². The number of ether oxygens (including phenoxy) is 1. The first kappa shape index (κ1) is 19.2. The number of likely N-dealkylation sites (tertiary alicyclic amines) is 1. The molecule has 1 amide bonds. The highest BCUT2D eigenvalue weighted by Gasteiger charge is 2.33. The molecule has 3 aromatic rings. The van der Waals surface area contributed by atoms with Gasteiger partial charge in [0.05, 0.1) is 17.6 Å². The van der Waals surface area contributed by atoms with Gasteiger partial charge in [-0.2, -0.15) is 0 Å². The fourth-order valence-corrected chi connectivity index (χ4v) is 4.05. The summed E-state index contributed by atoms with van der Waals surface area (Å²) in [4.78, 5) is 19.1. The highest BCUT2D eigenvalue weighted by atomic mass is 16.5. The van der Waals surface area contributed by atoms with Gasteiger partial charge in [0.2, 0.25) is 5.91 Å². The van der Waals surface area contributed by atoms with Crippen molar-refractivity contribution < 1.29 is 9.53 Å². The number of carbonyl (C=O) groups excluding carboxylic acids is 1. The lowest BCUT2D eigenvalue weighted by Gasteiger charge is -2.16. The minimum atomic E-state index is 0.0931. The molecule has 2 heterocycles. The number of benzene rings is 2. The highest BCUT2D eigenvalue weighted by Crippen LogP contribution is 2.30. The van der Waals surface area contributed by atoms with Crippen molar-refractivity contribution in [2.24, 2.45) is 0 Å². The molecule has 1 unspecified atom stereocenters. The average molecular weight is 389 g/mol. The number of hydrogen-bond donors (Lipinski definition) is 0. The van der Waals surface area contributed by atoms with Crippen molar-refractivity contribution in [1.82, 2.24) is 14.5 Å². The van der Waals surface area contributed by atoms with Gasteiger partial charge in [-0.05, 0) is 43.2 Å². The molecule has 2 aromatic carbocycles. The molecule has 150 valence electrons. The molecule has 0 bridgehead atoms. The molecule has 0 saturated carbocycles. The van der Waals surface area contributed by atoms with Gasteiger partial charge in [0.15, 0.2) is 0 Å². The normalized spacial score (nSPS) is 16.6. The van der Waals surface area contributed by atoms with Crippen molar-refractivity contribution in [3.05, 3.63) is 72.1 Å². The van der Waals surface area contributed by atoms with Crippen LogP contribution in [0.1, 0.15) is 29.3 Å². The Morgan fingerprint density at radius 1 is 1.21 bits per heavy atom. The van der Waals surface area contributed by atoms with Crippen molar-refractivity contribution in [3.8, 4) is 5.75 Å². The molecule has 1 aromatic heterocycles. The van der Waals surface area contributed by atoms with Gasteiger partial charge in [-0.15, -0.1) is 6.58 Å². The molecule has 1 saturated heterocycles. The first-order chi connectivity index (χ1) is 14.1.